The first-order chi connectivity index (χ1) is 8.74. The molecule has 18 heavy (non-hydrogen) atoms. The lowest BCUT2D eigenvalue weighted by Crippen LogP contribution is -2.39. The van der Waals surface area contributed by atoms with Gasteiger partial charge in [-0.1, -0.05) is 6.42 Å². The van der Waals surface area contributed by atoms with Crippen molar-refractivity contribution in [3.63, 3.8) is 0 Å². The van der Waals surface area contributed by atoms with Gasteiger partial charge in [-0.3, -0.25) is 0 Å². The van der Waals surface area contributed by atoms with Crippen LogP contribution in [0.1, 0.15) is 25.7 Å². The van der Waals surface area contributed by atoms with Gasteiger partial charge in [0.15, 0.2) is 0 Å². The average Bonchev–Trinajstić information content (AvgIpc) is 2.37. The van der Waals surface area contributed by atoms with Gasteiger partial charge >= 0.3 is 0 Å². The molecule has 0 aliphatic carbocycles. The van der Waals surface area contributed by atoms with Crippen LogP contribution in [0.25, 0.3) is 0 Å². The Balaban J connectivity index is 2.00. The molecule has 0 aromatic rings. The second-order valence-corrected chi connectivity index (χ2v) is 5.46. The highest BCUT2D eigenvalue weighted by Gasteiger charge is 2.18. The number of ether oxygens (including phenoxy) is 1. The Hall–Kier alpha value is -0.160. The van der Waals surface area contributed by atoms with Crippen molar-refractivity contribution in [2.75, 3.05) is 60.5 Å². The summed E-state index contributed by atoms with van der Waals surface area (Å²) in [5, 5.41) is 3.39. The molecule has 0 aromatic heterocycles. The molecule has 1 atom stereocenters. The van der Waals surface area contributed by atoms with E-state index >= 15 is 0 Å². The van der Waals surface area contributed by atoms with Gasteiger partial charge in [0.1, 0.15) is 0 Å². The summed E-state index contributed by atoms with van der Waals surface area (Å²) in [6.07, 6.45) is 5.49. The fourth-order valence-electron chi connectivity index (χ4n) is 2.56. The molecule has 1 unspecified atom stereocenters. The predicted molar refractivity (Wildman–Crippen MR) is 77.1 cm³/mol. The van der Waals surface area contributed by atoms with E-state index in [1.165, 1.54) is 38.8 Å². The number of likely N-dealkylation sites (N-methyl/N-ethyl adjacent to an activating group) is 1. The molecule has 4 heteroatoms. The molecule has 1 aliphatic rings. The summed E-state index contributed by atoms with van der Waals surface area (Å²) >= 11 is 0. The highest BCUT2D eigenvalue weighted by Crippen LogP contribution is 2.17. The molecule has 0 saturated carbocycles. The lowest BCUT2D eigenvalue weighted by atomic mass is 10.00. The van der Waals surface area contributed by atoms with Crippen molar-refractivity contribution in [3.05, 3.63) is 0 Å². The van der Waals surface area contributed by atoms with Crippen LogP contribution in [0.3, 0.4) is 0 Å². The normalized spacial score (nSPS) is 21.7. The van der Waals surface area contributed by atoms with Crippen LogP contribution in [0, 0.1) is 0 Å². The fourth-order valence-corrected chi connectivity index (χ4v) is 2.56. The third kappa shape index (κ3) is 6.69. The van der Waals surface area contributed by atoms with E-state index in [-0.39, 0.29) is 0 Å². The zero-order valence-corrected chi connectivity index (χ0v) is 12.5. The molecule has 4 nitrogen and oxygen atoms in total. The molecule has 0 aromatic carbocycles. The third-order valence-electron chi connectivity index (χ3n) is 3.92. The van der Waals surface area contributed by atoms with Gasteiger partial charge in [0.2, 0.25) is 0 Å². The van der Waals surface area contributed by atoms with Gasteiger partial charge in [0.05, 0.1) is 6.61 Å². The maximum atomic E-state index is 5.01. The highest BCUT2D eigenvalue weighted by molar-refractivity contribution is 4.75. The van der Waals surface area contributed by atoms with E-state index in [1.807, 2.05) is 0 Å². The third-order valence-corrected chi connectivity index (χ3v) is 3.92. The summed E-state index contributed by atoms with van der Waals surface area (Å²) in [7, 11) is 6.24. The monoisotopic (exact) mass is 257 g/mol. The molecule has 0 bridgehead atoms. The number of hydrogen-bond acceptors (Lipinski definition) is 4. The number of methoxy groups -OCH3 is 1. The summed E-state index contributed by atoms with van der Waals surface area (Å²) in [4.78, 5) is 4.97. The molecule has 1 fully saturated rings. The molecular formula is C14H31N3O. The summed E-state index contributed by atoms with van der Waals surface area (Å²) in [5.74, 6) is 0. The zero-order valence-electron chi connectivity index (χ0n) is 12.5. The number of nitrogens with zero attached hydrogens (tertiary/aromatic N) is 2. The van der Waals surface area contributed by atoms with Crippen LogP contribution >= 0.6 is 0 Å². The molecule has 0 radical (unpaired) electrons. The van der Waals surface area contributed by atoms with Crippen molar-refractivity contribution >= 4 is 0 Å². The Morgan fingerprint density at radius 3 is 2.83 bits per heavy atom. The van der Waals surface area contributed by atoms with Gasteiger partial charge in [-0.25, -0.2) is 0 Å². The van der Waals surface area contributed by atoms with Crippen molar-refractivity contribution < 1.29 is 4.74 Å². The minimum atomic E-state index is 0.802. The maximum Gasteiger partial charge on any atom is 0.0587 e. The van der Waals surface area contributed by atoms with Crippen LogP contribution in [0.2, 0.25) is 0 Å². The van der Waals surface area contributed by atoms with E-state index in [2.05, 4.69) is 29.2 Å². The van der Waals surface area contributed by atoms with Crippen LogP contribution in [-0.2, 0) is 4.74 Å². The molecular weight excluding hydrogens is 226 g/mol. The van der Waals surface area contributed by atoms with E-state index in [0.717, 1.165) is 32.3 Å². The second-order valence-electron chi connectivity index (χ2n) is 5.46. The minimum absolute atomic E-state index is 0.802. The van der Waals surface area contributed by atoms with Crippen molar-refractivity contribution in [3.8, 4) is 0 Å². The molecule has 0 amide bonds. The summed E-state index contributed by atoms with van der Waals surface area (Å²) in [5.41, 5.74) is 0. The van der Waals surface area contributed by atoms with E-state index in [0.29, 0.717) is 0 Å². The molecule has 0 spiro atoms. The van der Waals surface area contributed by atoms with Crippen molar-refractivity contribution in [2.24, 2.45) is 0 Å². The van der Waals surface area contributed by atoms with Crippen molar-refractivity contribution in [1.29, 1.82) is 0 Å². The van der Waals surface area contributed by atoms with E-state index in [4.69, 9.17) is 4.74 Å². The maximum absolute atomic E-state index is 5.01. The van der Waals surface area contributed by atoms with Gasteiger partial charge in [-0.2, -0.15) is 0 Å². The van der Waals surface area contributed by atoms with Crippen molar-refractivity contribution in [1.82, 2.24) is 15.1 Å². The summed E-state index contributed by atoms with van der Waals surface area (Å²) in [6.45, 7) is 6.43. The van der Waals surface area contributed by atoms with Crippen LogP contribution in [0.15, 0.2) is 0 Å². The Morgan fingerprint density at radius 1 is 1.28 bits per heavy atom. The molecule has 1 heterocycles. The lowest BCUT2D eigenvalue weighted by Gasteiger charge is -2.33. The molecule has 108 valence electrons. The second kappa shape index (κ2) is 9.73. The number of likely N-dealkylation sites (tertiary alicyclic amines) is 1. The van der Waals surface area contributed by atoms with E-state index in [9.17, 15) is 0 Å². The summed E-state index contributed by atoms with van der Waals surface area (Å²) < 4.78 is 5.01. The Bertz CT molecular complexity index is 201. The number of rotatable bonds is 9. The van der Waals surface area contributed by atoms with E-state index in [1.54, 1.807) is 7.11 Å². The SMILES string of the molecule is COCCNCCN(C)CCC1CCCCN1C. The molecule has 1 saturated heterocycles. The topological polar surface area (TPSA) is 27.7 Å². The van der Waals surface area contributed by atoms with Gasteiger partial charge in [-0.15, -0.1) is 0 Å². The van der Waals surface area contributed by atoms with Crippen LogP contribution in [0.5, 0.6) is 0 Å². The first-order valence-corrected chi connectivity index (χ1v) is 7.32. The predicted octanol–water partition coefficient (Wildman–Crippen LogP) is 1.03. The smallest absolute Gasteiger partial charge is 0.0587 e. The Kier molecular flexibility index (Phi) is 8.59. The van der Waals surface area contributed by atoms with Gasteiger partial charge in [0.25, 0.3) is 0 Å². The quantitative estimate of drug-likeness (QED) is 0.624. The Labute approximate surface area is 113 Å². The highest BCUT2D eigenvalue weighted by atomic mass is 16.5. The van der Waals surface area contributed by atoms with Gasteiger partial charge < -0.3 is 19.9 Å². The van der Waals surface area contributed by atoms with Crippen LogP contribution < -0.4 is 5.32 Å². The molecule has 1 aliphatic heterocycles. The first kappa shape index (κ1) is 15.9. The Morgan fingerprint density at radius 2 is 2.11 bits per heavy atom. The van der Waals surface area contributed by atoms with Crippen LogP contribution in [0.4, 0.5) is 0 Å². The zero-order chi connectivity index (χ0) is 13.2. The van der Waals surface area contributed by atoms with Crippen LogP contribution in [-0.4, -0.2) is 76.4 Å². The standard InChI is InChI=1S/C14H31N3O/c1-16(12-8-15-9-13-18-3)11-7-14-6-4-5-10-17(14)2/h14-15H,4-13H2,1-3H3. The van der Waals surface area contributed by atoms with Crippen molar-refractivity contribution in [2.45, 2.75) is 31.7 Å². The number of hydrogen-bond donors (Lipinski definition) is 1. The largest absolute Gasteiger partial charge is 0.383 e. The molecule has 1 N–H and O–H groups in total. The van der Waals surface area contributed by atoms with Gasteiger partial charge in [0, 0.05) is 32.8 Å². The lowest BCUT2D eigenvalue weighted by molar-refractivity contribution is 0.160. The number of piperidine rings is 1. The van der Waals surface area contributed by atoms with Gasteiger partial charge in [-0.05, 0) is 46.4 Å². The fraction of sp³-hybridized carbons (Fsp3) is 1.00. The molecule has 1 rings (SSSR count). The average molecular weight is 257 g/mol. The first-order valence-electron chi connectivity index (χ1n) is 7.32. The van der Waals surface area contributed by atoms with E-state index < -0.39 is 0 Å². The minimum Gasteiger partial charge on any atom is -0.383 e. The number of nitrogens with one attached hydrogen (secondary N) is 1. The summed E-state index contributed by atoms with van der Waals surface area (Å²) in [6, 6.07) is 0.808.